The van der Waals surface area contributed by atoms with Gasteiger partial charge in [0, 0.05) is 30.9 Å². The Kier molecular flexibility index (Phi) is 6.14. The molecular weight excluding hydrogens is 257 g/mol. The van der Waals surface area contributed by atoms with Crippen molar-refractivity contribution < 1.29 is 13.9 Å². The van der Waals surface area contributed by atoms with Gasteiger partial charge in [0.1, 0.15) is 5.82 Å². The molecule has 0 aliphatic rings. The molecule has 3 nitrogen and oxygen atoms in total. The van der Waals surface area contributed by atoms with E-state index in [4.69, 9.17) is 4.74 Å². The topological polar surface area (TPSA) is 29.5 Å². The summed E-state index contributed by atoms with van der Waals surface area (Å²) in [6.45, 7) is 8.62. The van der Waals surface area contributed by atoms with E-state index in [2.05, 4.69) is 18.7 Å². The fourth-order valence-electron chi connectivity index (χ4n) is 2.17. The molecular formula is C16H24FNO2. The smallest absolute Gasteiger partial charge is 0.161 e. The summed E-state index contributed by atoms with van der Waals surface area (Å²) >= 11 is 0. The summed E-state index contributed by atoms with van der Waals surface area (Å²) in [4.78, 5) is 13.9. The average Bonchev–Trinajstić information content (AvgIpc) is 2.41. The van der Waals surface area contributed by atoms with E-state index in [9.17, 15) is 9.18 Å². The van der Waals surface area contributed by atoms with Crippen LogP contribution in [-0.4, -0.2) is 32.1 Å². The Morgan fingerprint density at radius 1 is 1.45 bits per heavy atom. The molecule has 0 radical (unpaired) electrons. The summed E-state index contributed by atoms with van der Waals surface area (Å²) in [6.07, 6.45) is 0.942. The number of carbonyl (C=O) groups is 1. The van der Waals surface area contributed by atoms with E-state index < -0.39 is 0 Å². The normalized spacial score (nSPS) is 12.3. The predicted octanol–water partition coefficient (Wildman–Crippen LogP) is 3.59. The number of anilines is 1. The third kappa shape index (κ3) is 3.79. The van der Waals surface area contributed by atoms with Crippen molar-refractivity contribution in [1.82, 2.24) is 0 Å². The average molecular weight is 281 g/mol. The standard InChI is InChI=1S/C16H24FNO2/c1-6-12(3)18(7-8-20-5)16-9-11(2)15(17)10-14(16)13(4)19/h9-10,12H,6-8H2,1-5H3. The third-order valence-corrected chi connectivity index (χ3v) is 3.62. The van der Waals surface area contributed by atoms with Gasteiger partial charge < -0.3 is 9.64 Å². The quantitative estimate of drug-likeness (QED) is 0.715. The summed E-state index contributed by atoms with van der Waals surface area (Å²) in [5, 5.41) is 0. The Hall–Kier alpha value is -1.42. The number of ether oxygens (including phenoxy) is 1. The highest BCUT2D eigenvalue weighted by molar-refractivity contribution is 6.00. The Bertz CT molecular complexity index is 474. The number of methoxy groups -OCH3 is 1. The number of nitrogens with zero attached hydrogens (tertiary/aromatic N) is 1. The zero-order valence-electron chi connectivity index (χ0n) is 13.0. The minimum absolute atomic E-state index is 0.121. The van der Waals surface area contributed by atoms with Crippen LogP contribution >= 0.6 is 0 Å². The number of carbonyl (C=O) groups excluding carboxylic acids is 1. The van der Waals surface area contributed by atoms with Gasteiger partial charge in [-0.3, -0.25) is 4.79 Å². The number of Topliss-reactive ketones (excluding diaryl/α,β-unsaturated/α-hetero) is 1. The first-order valence-electron chi connectivity index (χ1n) is 6.99. The van der Waals surface area contributed by atoms with E-state index in [0.717, 1.165) is 12.1 Å². The summed E-state index contributed by atoms with van der Waals surface area (Å²) in [6, 6.07) is 3.36. The van der Waals surface area contributed by atoms with E-state index >= 15 is 0 Å². The number of hydrogen-bond acceptors (Lipinski definition) is 3. The van der Waals surface area contributed by atoms with Crippen LogP contribution in [0.5, 0.6) is 0 Å². The van der Waals surface area contributed by atoms with Crippen LogP contribution in [0.25, 0.3) is 0 Å². The zero-order chi connectivity index (χ0) is 15.3. The molecule has 0 bridgehead atoms. The van der Waals surface area contributed by atoms with Gasteiger partial charge in [-0.05, 0) is 44.9 Å². The van der Waals surface area contributed by atoms with E-state index in [1.54, 1.807) is 20.1 Å². The van der Waals surface area contributed by atoms with Crippen molar-refractivity contribution in [3.8, 4) is 0 Å². The second-order valence-electron chi connectivity index (χ2n) is 5.12. The van der Waals surface area contributed by atoms with Gasteiger partial charge in [-0.25, -0.2) is 4.39 Å². The highest BCUT2D eigenvalue weighted by Crippen LogP contribution is 2.27. The lowest BCUT2D eigenvalue weighted by molar-refractivity contribution is 0.101. The second kappa shape index (κ2) is 7.39. The molecule has 1 rings (SSSR count). The highest BCUT2D eigenvalue weighted by Gasteiger charge is 2.20. The molecule has 0 saturated heterocycles. The molecule has 20 heavy (non-hydrogen) atoms. The van der Waals surface area contributed by atoms with Crippen LogP contribution in [0.1, 0.15) is 43.1 Å². The van der Waals surface area contributed by atoms with Crippen molar-refractivity contribution in [2.24, 2.45) is 0 Å². The van der Waals surface area contributed by atoms with E-state index in [1.165, 1.54) is 13.0 Å². The molecule has 0 aliphatic heterocycles. The van der Waals surface area contributed by atoms with E-state index in [1.807, 2.05) is 0 Å². The molecule has 1 unspecified atom stereocenters. The van der Waals surface area contributed by atoms with Gasteiger partial charge in [-0.15, -0.1) is 0 Å². The molecule has 0 spiro atoms. The van der Waals surface area contributed by atoms with Crippen molar-refractivity contribution in [3.63, 3.8) is 0 Å². The SMILES string of the molecule is CCC(C)N(CCOC)c1cc(C)c(F)cc1C(C)=O. The largest absolute Gasteiger partial charge is 0.383 e. The van der Waals surface area contributed by atoms with Gasteiger partial charge in [0.25, 0.3) is 0 Å². The molecule has 0 N–H and O–H groups in total. The minimum atomic E-state index is -0.338. The van der Waals surface area contributed by atoms with Crippen LogP contribution in [0, 0.1) is 12.7 Å². The molecule has 0 heterocycles. The third-order valence-electron chi connectivity index (χ3n) is 3.62. The molecule has 0 saturated carbocycles. The van der Waals surface area contributed by atoms with Gasteiger partial charge in [-0.2, -0.15) is 0 Å². The highest BCUT2D eigenvalue weighted by atomic mass is 19.1. The van der Waals surface area contributed by atoms with Crippen LogP contribution < -0.4 is 4.90 Å². The van der Waals surface area contributed by atoms with Gasteiger partial charge in [0.05, 0.1) is 6.61 Å². The van der Waals surface area contributed by atoms with Gasteiger partial charge in [0.2, 0.25) is 0 Å². The maximum Gasteiger partial charge on any atom is 0.161 e. The molecule has 1 aromatic carbocycles. The van der Waals surface area contributed by atoms with E-state index in [0.29, 0.717) is 24.3 Å². The summed E-state index contributed by atoms with van der Waals surface area (Å²) < 4.78 is 18.9. The van der Waals surface area contributed by atoms with Crippen LogP contribution in [0.2, 0.25) is 0 Å². The Morgan fingerprint density at radius 3 is 2.60 bits per heavy atom. The molecule has 1 atom stereocenters. The van der Waals surface area contributed by atoms with Crippen LogP contribution in [-0.2, 0) is 4.74 Å². The lowest BCUT2D eigenvalue weighted by Crippen LogP contribution is -2.36. The Morgan fingerprint density at radius 2 is 2.10 bits per heavy atom. The van der Waals surface area contributed by atoms with Crippen LogP contribution in [0.15, 0.2) is 12.1 Å². The molecule has 0 amide bonds. The van der Waals surface area contributed by atoms with Crippen molar-refractivity contribution in [3.05, 3.63) is 29.1 Å². The van der Waals surface area contributed by atoms with Crippen molar-refractivity contribution in [2.75, 3.05) is 25.2 Å². The minimum Gasteiger partial charge on any atom is -0.383 e. The Labute approximate surface area is 120 Å². The zero-order valence-corrected chi connectivity index (χ0v) is 13.0. The first-order chi connectivity index (χ1) is 9.42. The second-order valence-corrected chi connectivity index (χ2v) is 5.12. The summed E-state index contributed by atoms with van der Waals surface area (Å²) in [5.74, 6) is -0.459. The van der Waals surface area contributed by atoms with Crippen molar-refractivity contribution in [1.29, 1.82) is 0 Å². The maximum absolute atomic E-state index is 13.7. The lowest BCUT2D eigenvalue weighted by Gasteiger charge is -2.32. The fourth-order valence-corrected chi connectivity index (χ4v) is 2.17. The maximum atomic E-state index is 13.7. The van der Waals surface area contributed by atoms with Gasteiger partial charge in [-0.1, -0.05) is 6.92 Å². The van der Waals surface area contributed by atoms with Gasteiger partial charge >= 0.3 is 0 Å². The molecule has 0 aromatic heterocycles. The lowest BCUT2D eigenvalue weighted by atomic mass is 10.0. The monoisotopic (exact) mass is 281 g/mol. The molecule has 0 aliphatic carbocycles. The molecule has 0 fully saturated rings. The Balaban J connectivity index is 3.29. The number of ketones is 1. The van der Waals surface area contributed by atoms with Crippen LogP contribution in [0.4, 0.5) is 10.1 Å². The summed E-state index contributed by atoms with van der Waals surface area (Å²) in [7, 11) is 1.65. The predicted molar refractivity (Wildman–Crippen MR) is 80.1 cm³/mol. The number of hydrogen-bond donors (Lipinski definition) is 0. The fraction of sp³-hybridized carbons (Fsp3) is 0.562. The van der Waals surface area contributed by atoms with Gasteiger partial charge in [0.15, 0.2) is 5.78 Å². The number of rotatable bonds is 7. The van der Waals surface area contributed by atoms with E-state index in [-0.39, 0.29) is 17.6 Å². The van der Waals surface area contributed by atoms with Crippen molar-refractivity contribution >= 4 is 11.5 Å². The van der Waals surface area contributed by atoms with Crippen molar-refractivity contribution in [2.45, 2.75) is 40.2 Å². The first-order valence-corrected chi connectivity index (χ1v) is 6.99. The number of benzene rings is 1. The molecule has 112 valence electrons. The molecule has 4 heteroatoms. The number of halogens is 1. The molecule has 1 aromatic rings. The number of aryl methyl sites for hydroxylation is 1. The first kappa shape index (κ1) is 16.6. The summed E-state index contributed by atoms with van der Waals surface area (Å²) in [5.41, 5.74) is 1.78. The van der Waals surface area contributed by atoms with Crippen LogP contribution in [0.3, 0.4) is 0 Å².